The molecule has 0 N–H and O–H groups in total. The topological polar surface area (TPSA) is 35.3 Å². The third kappa shape index (κ3) is 9.31. The van der Waals surface area contributed by atoms with Gasteiger partial charge in [-0.1, -0.05) is 6.92 Å². The monoisotopic (exact) mass is 374 g/mol. The molecule has 0 aromatic rings. The third-order valence-electron chi connectivity index (χ3n) is 3.62. The lowest BCUT2D eigenvalue weighted by Crippen LogP contribution is -2.38. The number of nitrogens with zero attached hydrogens (tertiary/aromatic N) is 2. The van der Waals surface area contributed by atoms with E-state index in [2.05, 4.69) is 37.2 Å². The van der Waals surface area contributed by atoms with Gasteiger partial charge in [-0.3, -0.25) is 0 Å². The molecule has 0 bridgehead atoms. The first-order chi connectivity index (χ1) is 11.6. The largest absolute Gasteiger partial charge is 0.379 e. The highest BCUT2D eigenvalue weighted by atomic mass is 31.2. The maximum Gasteiger partial charge on any atom is 0.259 e. The summed E-state index contributed by atoms with van der Waals surface area (Å²) < 4.78 is 33.1. The number of ether oxygens (including phenoxy) is 1. The Morgan fingerprint density at radius 1 is 1.16 bits per heavy atom. The van der Waals surface area contributed by atoms with Crippen LogP contribution in [0, 0.1) is 6.57 Å². The van der Waals surface area contributed by atoms with E-state index in [1.54, 1.807) is 0 Å². The molecule has 2 radical (unpaired) electrons. The Morgan fingerprint density at radius 3 is 2.12 bits per heavy atom. The molecular weight excluding hydrogens is 341 g/mol. The average Bonchev–Trinajstić information content (AvgIpc) is 2.51. The van der Waals surface area contributed by atoms with E-state index >= 15 is 0 Å². The van der Waals surface area contributed by atoms with Crippen LogP contribution in [0.15, 0.2) is 0 Å². The zero-order valence-corrected chi connectivity index (χ0v) is 17.5. The molecule has 0 saturated heterocycles. The van der Waals surface area contributed by atoms with Gasteiger partial charge in [-0.25, -0.2) is 15.6 Å². The summed E-state index contributed by atoms with van der Waals surface area (Å²) in [5, 5.41) is 0. The van der Waals surface area contributed by atoms with E-state index in [-0.39, 0.29) is 24.3 Å². The van der Waals surface area contributed by atoms with Gasteiger partial charge in [0, 0.05) is 18.1 Å². The van der Waals surface area contributed by atoms with Crippen LogP contribution in [-0.4, -0.2) is 62.1 Å². The summed E-state index contributed by atoms with van der Waals surface area (Å²) in [6.45, 7) is 21.0. The van der Waals surface area contributed by atoms with Crippen molar-refractivity contribution in [2.45, 2.75) is 91.4 Å². The second kappa shape index (κ2) is 13.0. The molecule has 0 saturated carbocycles. The first-order valence-electron chi connectivity index (χ1n) is 8.91. The first kappa shape index (κ1) is 24.8. The van der Waals surface area contributed by atoms with Crippen LogP contribution in [0.25, 0.3) is 4.85 Å². The Morgan fingerprint density at radius 2 is 1.72 bits per heavy atom. The fourth-order valence-corrected chi connectivity index (χ4v) is 4.06. The predicted molar refractivity (Wildman–Crippen MR) is 102 cm³/mol. The molecular formula is C17H33BFN2O3P. The SMILES string of the molecule is [B]C(O[C@H](CC)[C@@H](C)OP(OCC[N+]#[C-])N(C(C)C)C(C)C)[C@H](C)F. The van der Waals surface area contributed by atoms with Crippen LogP contribution in [0.3, 0.4) is 0 Å². The minimum absolute atomic E-state index is 0.223. The molecule has 5 nitrogen and oxygen atoms in total. The lowest BCUT2D eigenvalue weighted by atomic mass is 9.95. The van der Waals surface area contributed by atoms with Crippen LogP contribution >= 0.6 is 8.53 Å². The van der Waals surface area contributed by atoms with Crippen LogP contribution in [0.2, 0.25) is 0 Å². The molecule has 0 amide bonds. The highest BCUT2D eigenvalue weighted by Crippen LogP contribution is 2.47. The smallest absolute Gasteiger partial charge is 0.259 e. The van der Waals surface area contributed by atoms with Gasteiger partial charge in [-0.15, -0.1) is 0 Å². The number of alkyl halides is 1. The van der Waals surface area contributed by atoms with Crippen molar-refractivity contribution in [3.05, 3.63) is 11.4 Å². The summed E-state index contributed by atoms with van der Waals surface area (Å²) in [7, 11) is 4.34. The van der Waals surface area contributed by atoms with Gasteiger partial charge >= 0.3 is 0 Å². The maximum atomic E-state index is 13.3. The Hall–Kier alpha value is -0.245. The molecule has 25 heavy (non-hydrogen) atoms. The Kier molecular flexibility index (Phi) is 12.9. The highest BCUT2D eigenvalue weighted by Gasteiger charge is 2.32. The molecule has 144 valence electrons. The molecule has 0 rings (SSSR count). The van der Waals surface area contributed by atoms with E-state index in [1.807, 2.05) is 13.8 Å². The Bertz CT molecular complexity index is 389. The van der Waals surface area contributed by atoms with Crippen molar-refractivity contribution in [2.24, 2.45) is 0 Å². The zero-order valence-electron chi connectivity index (χ0n) is 16.6. The molecule has 0 spiro atoms. The second-order valence-electron chi connectivity index (χ2n) is 6.56. The van der Waals surface area contributed by atoms with Crippen molar-refractivity contribution in [1.82, 2.24) is 4.67 Å². The fourth-order valence-electron chi connectivity index (χ4n) is 2.35. The molecule has 0 aromatic heterocycles. The van der Waals surface area contributed by atoms with Crippen molar-refractivity contribution < 1.29 is 18.2 Å². The van der Waals surface area contributed by atoms with Crippen molar-refractivity contribution in [1.29, 1.82) is 0 Å². The molecule has 0 fully saturated rings. The van der Waals surface area contributed by atoms with Gasteiger partial charge in [0.2, 0.25) is 6.54 Å². The lowest BCUT2D eigenvalue weighted by Gasteiger charge is -2.38. The molecule has 5 atom stereocenters. The summed E-state index contributed by atoms with van der Waals surface area (Å²) >= 11 is 0. The summed E-state index contributed by atoms with van der Waals surface area (Å²) in [5.74, 6) is 0. The number of hydrogen-bond donors (Lipinski definition) is 0. The van der Waals surface area contributed by atoms with Crippen LogP contribution in [0.1, 0.15) is 54.9 Å². The van der Waals surface area contributed by atoms with Gasteiger partial charge in [0.25, 0.3) is 8.53 Å². The van der Waals surface area contributed by atoms with Gasteiger partial charge in [0.1, 0.15) is 20.6 Å². The van der Waals surface area contributed by atoms with Crippen molar-refractivity contribution >= 4 is 16.4 Å². The highest BCUT2D eigenvalue weighted by molar-refractivity contribution is 7.44. The fraction of sp³-hybridized carbons (Fsp3) is 0.941. The van der Waals surface area contributed by atoms with E-state index in [9.17, 15) is 4.39 Å². The maximum absolute atomic E-state index is 13.3. The standard InChI is InChI=1S/C17H33BFN2O3P/c1-9-16(23-17(18)14(6)19)15(7)24-25(22-11-10-20-8)21(12(2)3)13(4)5/h12-17H,9-11H2,1-7H3/t14-,15+,16+,17?,25?/m0/s1. The van der Waals surface area contributed by atoms with Crippen molar-refractivity contribution in [3.8, 4) is 0 Å². The Labute approximate surface area is 155 Å². The summed E-state index contributed by atoms with van der Waals surface area (Å²) in [6, 6.07) is -0.530. The van der Waals surface area contributed by atoms with Crippen LogP contribution in [0.4, 0.5) is 4.39 Å². The molecule has 8 heteroatoms. The van der Waals surface area contributed by atoms with Gasteiger partial charge in [-0.2, -0.15) is 0 Å². The normalized spacial score (nSPS) is 18.2. The van der Waals surface area contributed by atoms with E-state index < -0.39 is 20.7 Å². The third-order valence-corrected chi connectivity index (χ3v) is 5.84. The second-order valence-corrected chi connectivity index (χ2v) is 7.96. The first-order valence-corrected chi connectivity index (χ1v) is 10.0. The van der Waals surface area contributed by atoms with Gasteiger partial charge in [0.05, 0.1) is 12.2 Å². The van der Waals surface area contributed by atoms with E-state index in [1.165, 1.54) is 6.92 Å². The van der Waals surface area contributed by atoms with Crippen LogP contribution < -0.4 is 0 Å². The van der Waals surface area contributed by atoms with E-state index in [4.69, 9.17) is 28.2 Å². The van der Waals surface area contributed by atoms with E-state index in [0.717, 1.165) is 0 Å². The Balaban J connectivity index is 5.08. The molecule has 0 aromatic carbocycles. The van der Waals surface area contributed by atoms with Gasteiger partial charge in [0.15, 0.2) is 0 Å². The van der Waals surface area contributed by atoms with Crippen molar-refractivity contribution in [2.75, 3.05) is 13.2 Å². The van der Waals surface area contributed by atoms with Gasteiger partial charge in [-0.05, 0) is 48.0 Å². The van der Waals surface area contributed by atoms with Crippen LogP contribution in [0.5, 0.6) is 0 Å². The minimum Gasteiger partial charge on any atom is -0.379 e. The van der Waals surface area contributed by atoms with E-state index in [0.29, 0.717) is 19.6 Å². The molecule has 2 unspecified atom stereocenters. The van der Waals surface area contributed by atoms with Gasteiger partial charge < -0.3 is 18.6 Å². The molecule has 0 aliphatic carbocycles. The molecule has 0 heterocycles. The van der Waals surface area contributed by atoms with Crippen molar-refractivity contribution in [3.63, 3.8) is 0 Å². The number of rotatable bonds is 13. The lowest BCUT2D eigenvalue weighted by molar-refractivity contribution is -0.0584. The zero-order chi connectivity index (χ0) is 19.6. The minimum atomic E-state index is -1.36. The van der Waals surface area contributed by atoms with Crippen LogP contribution in [-0.2, 0) is 13.8 Å². The molecule has 0 aliphatic heterocycles. The molecule has 0 aliphatic rings. The quantitative estimate of drug-likeness (QED) is 0.208. The average molecular weight is 374 g/mol. The summed E-state index contributed by atoms with van der Waals surface area (Å²) in [5.41, 5.74) is 0. The predicted octanol–water partition coefficient (Wildman–Crippen LogP) is 4.32. The summed E-state index contributed by atoms with van der Waals surface area (Å²) in [4.78, 5) is 3.32. The number of halogens is 1. The summed E-state index contributed by atoms with van der Waals surface area (Å²) in [6.07, 6.45) is -1.24. The number of hydrogen-bond acceptors (Lipinski definition) is 4.